The molecule has 2 aromatic heterocycles. The smallest absolute Gasteiger partial charge is 0.257 e. The topological polar surface area (TPSA) is 67.8 Å². The maximum absolute atomic E-state index is 12.0. The monoisotopic (exact) mass is 336 g/mol. The molecule has 0 radical (unpaired) electrons. The van der Waals surface area contributed by atoms with Crippen molar-refractivity contribution in [3.63, 3.8) is 0 Å². The highest BCUT2D eigenvalue weighted by Crippen LogP contribution is 2.21. The van der Waals surface area contributed by atoms with Crippen LogP contribution in [-0.4, -0.2) is 20.9 Å². The van der Waals surface area contributed by atoms with Crippen molar-refractivity contribution < 1.29 is 4.79 Å². The minimum Gasteiger partial charge on any atom is -0.305 e. The van der Waals surface area contributed by atoms with Crippen molar-refractivity contribution in [3.05, 3.63) is 44.5 Å². The fraction of sp³-hybridized carbons (Fsp3) is 0. The maximum atomic E-state index is 12.0. The van der Waals surface area contributed by atoms with Crippen LogP contribution in [0.4, 0.5) is 5.82 Å². The molecule has 1 amide bonds. The predicted octanol–water partition coefficient (Wildman–Crippen LogP) is 3.74. The lowest BCUT2D eigenvalue weighted by Crippen LogP contribution is -2.14. The highest BCUT2D eigenvalue weighted by atomic mass is 35.5. The number of carbonyl (C=O) groups is 1. The van der Waals surface area contributed by atoms with Crippen LogP contribution in [0.3, 0.4) is 0 Å². The molecule has 2 heterocycles. The van der Waals surface area contributed by atoms with Crippen molar-refractivity contribution >= 4 is 58.1 Å². The van der Waals surface area contributed by atoms with Gasteiger partial charge in [0.1, 0.15) is 15.3 Å². The lowest BCUT2D eigenvalue weighted by Gasteiger charge is -2.06. The van der Waals surface area contributed by atoms with Crippen molar-refractivity contribution in [3.8, 4) is 0 Å². The molecule has 9 heteroatoms. The molecule has 0 aliphatic rings. The van der Waals surface area contributed by atoms with Gasteiger partial charge in [-0.15, -0.1) is 0 Å². The minimum atomic E-state index is -0.497. The number of hydrogen-bond acceptors (Lipinski definition) is 4. The SMILES string of the molecule is O=C(Nc1nc(Cl)ncc1Cl)c1cc(Cl)nc(Cl)c1. The fourth-order valence-electron chi connectivity index (χ4n) is 1.21. The van der Waals surface area contributed by atoms with Crippen LogP contribution in [-0.2, 0) is 0 Å². The highest BCUT2D eigenvalue weighted by Gasteiger charge is 2.12. The maximum Gasteiger partial charge on any atom is 0.257 e. The molecule has 0 saturated carbocycles. The van der Waals surface area contributed by atoms with Crippen LogP contribution in [0.15, 0.2) is 18.3 Å². The summed E-state index contributed by atoms with van der Waals surface area (Å²) in [5.74, 6) is -0.404. The first kappa shape index (κ1) is 14.3. The van der Waals surface area contributed by atoms with Gasteiger partial charge < -0.3 is 5.32 Å². The number of halogens is 4. The summed E-state index contributed by atoms with van der Waals surface area (Å²) in [6.07, 6.45) is 1.28. The van der Waals surface area contributed by atoms with E-state index in [0.29, 0.717) is 0 Å². The molecule has 0 fully saturated rings. The Morgan fingerprint density at radius 2 is 1.68 bits per heavy atom. The van der Waals surface area contributed by atoms with Gasteiger partial charge in [0.15, 0.2) is 5.82 Å². The molecule has 0 aromatic carbocycles. The molecule has 0 spiro atoms. The third-order valence-electron chi connectivity index (χ3n) is 1.97. The van der Waals surface area contributed by atoms with Gasteiger partial charge in [-0.1, -0.05) is 34.8 Å². The molecule has 2 aromatic rings. The van der Waals surface area contributed by atoms with Crippen molar-refractivity contribution in [2.75, 3.05) is 5.32 Å². The van der Waals surface area contributed by atoms with Gasteiger partial charge >= 0.3 is 0 Å². The standard InChI is InChI=1S/C10H4Cl4N4O/c11-5-3-15-10(14)18-8(5)17-9(19)4-1-6(12)16-7(13)2-4/h1-3H,(H,15,17,18,19). The summed E-state index contributed by atoms with van der Waals surface area (Å²) in [5.41, 5.74) is 0.218. The average molecular weight is 338 g/mol. The Morgan fingerprint density at radius 3 is 2.32 bits per heavy atom. The van der Waals surface area contributed by atoms with Crippen LogP contribution in [0.1, 0.15) is 10.4 Å². The van der Waals surface area contributed by atoms with Crippen LogP contribution in [0.5, 0.6) is 0 Å². The number of carbonyl (C=O) groups excluding carboxylic acids is 1. The molecule has 0 aliphatic carbocycles. The number of nitrogens with zero attached hydrogens (tertiary/aromatic N) is 3. The number of amides is 1. The Morgan fingerprint density at radius 1 is 1.05 bits per heavy atom. The second-order valence-corrected chi connectivity index (χ2v) is 4.81. The van der Waals surface area contributed by atoms with Gasteiger partial charge in [-0.3, -0.25) is 4.79 Å². The van der Waals surface area contributed by atoms with Crippen molar-refractivity contribution in [1.29, 1.82) is 0 Å². The molecule has 0 bridgehead atoms. The van der Waals surface area contributed by atoms with E-state index in [1.54, 1.807) is 0 Å². The van der Waals surface area contributed by atoms with Crippen LogP contribution in [0.25, 0.3) is 0 Å². The molecule has 0 saturated heterocycles. The lowest BCUT2D eigenvalue weighted by molar-refractivity contribution is 0.102. The third kappa shape index (κ3) is 3.67. The van der Waals surface area contributed by atoms with E-state index in [0.717, 1.165) is 0 Å². The Balaban J connectivity index is 2.28. The van der Waals surface area contributed by atoms with Crippen molar-refractivity contribution in [2.24, 2.45) is 0 Å². The first-order chi connectivity index (χ1) is 8.95. The van der Waals surface area contributed by atoms with E-state index in [9.17, 15) is 4.79 Å². The van der Waals surface area contributed by atoms with Gasteiger partial charge in [0.05, 0.1) is 6.20 Å². The zero-order valence-electron chi connectivity index (χ0n) is 8.99. The summed E-state index contributed by atoms with van der Waals surface area (Å²) in [5, 5.41) is 2.79. The normalized spacial score (nSPS) is 10.3. The van der Waals surface area contributed by atoms with Gasteiger partial charge in [0, 0.05) is 5.56 Å². The van der Waals surface area contributed by atoms with Crippen molar-refractivity contribution in [2.45, 2.75) is 0 Å². The Bertz CT molecular complexity index is 629. The zero-order valence-corrected chi connectivity index (χ0v) is 12.0. The predicted molar refractivity (Wildman–Crippen MR) is 74.3 cm³/mol. The molecular formula is C10H4Cl4N4O. The first-order valence-corrected chi connectivity index (χ1v) is 6.29. The van der Waals surface area contributed by atoms with Gasteiger partial charge in [-0.2, -0.15) is 4.98 Å². The number of nitrogens with one attached hydrogen (secondary N) is 1. The summed E-state index contributed by atoms with van der Waals surface area (Å²) in [6, 6.07) is 2.72. The summed E-state index contributed by atoms with van der Waals surface area (Å²) < 4.78 is 0. The summed E-state index contributed by atoms with van der Waals surface area (Å²) >= 11 is 22.9. The largest absolute Gasteiger partial charge is 0.305 e. The number of hydrogen-bond donors (Lipinski definition) is 1. The van der Waals surface area contributed by atoms with E-state index in [4.69, 9.17) is 46.4 Å². The van der Waals surface area contributed by atoms with Crippen molar-refractivity contribution in [1.82, 2.24) is 15.0 Å². The molecule has 5 nitrogen and oxygen atoms in total. The summed E-state index contributed by atoms with van der Waals surface area (Å²) in [6.45, 7) is 0. The van der Waals surface area contributed by atoms with Crippen LogP contribution in [0, 0.1) is 0 Å². The molecule has 2 rings (SSSR count). The quantitative estimate of drug-likeness (QED) is 0.669. The highest BCUT2D eigenvalue weighted by molar-refractivity contribution is 6.35. The molecule has 0 atom stereocenters. The first-order valence-electron chi connectivity index (χ1n) is 4.78. The van der Waals surface area contributed by atoms with Gasteiger partial charge in [-0.05, 0) is 23.7 Å². The van der Waals surface area contributed by atoms with E-state index in [2.05, 4.69) is 20.3 Å². The third-order valence-corrected chi connectivity index (χ3v) is 2.82. The average Bonchev–Trinajstić information content (AvgIpc) is 2.32. The Kier molecular flexibility index (Phi) is 4.42. The van der Waals surface area contributed by atoms with Crippen LogP contribution < -0.4 is 5.32 Å². The number of aromatic nitrogens is 3. The molecular weight excluding hydrogens is 334 g/mol. The number of pyridine rings is 1. The zero-order chi connectivity index (χ0) is 14.0. The van der Waals surface area contributed by atoms with Gasteiger partial charge in [0.25, 0.3) is 5.91 Å². The minimum absolute atomic E-state index is 0.0366. The molecule has 0 unspecified atom stereocenters. The van der Waals surface area contributed by atoms with Crippen LogP contribution in [0.2, 0.25) is 20.6 Å². The molecule has 98 valence electrons. The fourth-order valence-corrected chi connectivity index (χ4v) is 1.94. The molecule has 1 N–H and O–H groups in total. The number of anilines is 1. The lowest BCUT2D eigenvalue weighted by atomic mass is 10.2. The van der Waals surface area contributed by atoms with Gasteiger partial charge in [0.2, 0.25) is 5.28 Å². The van der Waals surface area contributed by atoms with E-state index in [-0.39, 0.29) is 32.0 Å². The van der Waals surface area contributed by atoms with E-state index < -0.39 is 5.91 Å². The van der Waals surface area contributed by atoms with Crippen LogP contribution >= 0.6 is 46.4 Å². The Hall–Kier alpha value is -1.14. The molecule has 0 aliphatic heterocycles. The molecule has 19 heavy (non-hydrogen) atoms. The van der Waals surface area contributed by atoms with E-state index >= 15 is 0 Å². The second kappa shape index (κ2) is 5.88. The summed E-state index contributed by atoms with van der Waals surface area (Å²) in [7, 11) is 0. The van der Waals surface area contributed by atoms with E-state index in [1.165, 1.54) is 18.3 Å². The Labute approximate surface area is 127 Å². The van der Waals surface area contributed by atoms with Gasteiger partial charge in [-0.25, -0.2) is 9.97 Å². The second-order valence-electron chi connectivity index (χ2n) is 3.29. The van der Waals surface area contributed by atoms with E-state index in [1.807, 2.05) is 0 Å². The number of rotatable bonds is 2. The summed E-state index contributed by atoms with van der Waals surface area (Å²) in [4.78, 5) is 23.2.